The van der Waals surface area contributed by atoms with Crippen LogP contribution in [-0.4, -0.2) is 32.1 Å². The fraction of sp³-hybridized carbons (Fsp3) is 0.391. The molecule has 1 fully saturated rings. The Hall–Kier alpha value is -3.02. The van der Waals surface area contributed by atoms with Crippen LogP contribution in [0.15, 0.2) is 42.5 Å². The second kappa shape index (κ2) is 9.45. The Labute approximate surface area is 171 Å². The van der Waals surface area contributed by atoms with Crippen molar-refractivity contribution in [3.63, 3.8) is 0 Å². The van der Waals surface area contributed by atoms with Gasteiger partial charge in [-0.2, -0.15) is 0 Å². The highest BCUT2D eigenvalue weighted by molar-refractivity contribution is 6.09. The molecule has 1 atom stereocenters. The monoisotopic (exact) mass is 396 g/mol. The van der Waals surface area contributed by atoms with Gasteiger partial charge in [0.15, 0.2) is 11.5 Å². The minimum absolute atomic E-state index is 0.142. The first-order chi connectivity index (χ1) is 14.1. The van der Waals surface area contributed by atoms with Crippen molar-refractivity contribution in [1.29, 1.82) is 0 Å². The third kappa shape index (κ3) is 4.70. The quantitative estimate of drug-likeness (QED) is 0.695. The summed E-state index contributed by atoms with van der Waals surface area (Å²) in [4.78, 5) is 27.1. The third-order valence-electron chi connectivity index (χ3n) is 5.17. The van der Waals surface area contributed by atoms with E-state index >= 15 is 0 Å². The highest BCUT2D eigenvalue weighted by atomic mass is 16.5. The van der Waals surface area contributed by atoms with Gasteiger partial charge in [0, 0.05) is 18.8 Å². The summed E-state index contributed by atoms with van der Waals surface area (Å²) in [6, 6.07) is 13.5. The molecule has 2 aromatic carbocycles. The lowest BCUT2D eigenvalue weighted by atomic mass is 10.1. The van der Waals surface area contributed by atoms with E-state index in [1.54, 1.807) is 12.0 Å². The second-order valence-corrected chi connectivity index (χ2v) is 6.99. The van der Waals surface area contributed by atoms with Crippen LogP contribution in [0, 0.1) is 5.92 Å². The maximum absolute atomic E-state index is 12.8. The second-order valence-electron chi connectivity index (χ2n) is 6.99. The maximum atomic E-state index is 12.8. The Bertz CT molecular complexity index is 864. The van der Waals surface area contributed by atoms with Crippen LogP contribution in [0.2, 0.25) is 0 Å². The lowest BCUT2D eigenvalue weighted by molar-refractivity contribution is -0.132. The standard InChI is InChI=1S/C23H28N2O4/c1-4-16-6-9-18(10-7-16)25-13-12-19(23(25)27)22(26)24-15-17-8-11-20(28-3)21(14-17)29-5-2/h6-11,14,19H,4-5,12-13,15H2,1-3H3,(H,24,26). The molecule has 1 saturated heterocycles. The Morgan fingerprint density at radius 1 is 1.10 bits per heavy atom. The predicted molar refractivity (Wildman–Crippen MR) is 112 cm³/mol. The molecule has 2 aromatic rings. The predicted octanol–water partition coefficient (Wildman–Crippen LogP) is 3.33. The molecule has 1 unspecified atom stereocenters. The number of aryl methyl sites for hydroxylation is 1. The molecular formula is C23H28N2O4. The van der Waals surface area contributed by atoms with Crippen LogP contribution >= 0.6 is 0 Å². The number of hydrogen-bond donors (Lipinski definition) is 1. The number of benzene rings is 2. The SMILES string of the molecule is CCOc1cc(CNC(=O)C2CCN(c3ccc(CC)cc3)C2=O)ccc1OC. The smallest absolute Gasteiger partial charge is 0.239 e. The number of carbonyl (C=O) groups excluding carboxylic acids is 2. The number of ether oxygens (including phenoxy) is 2. The number of amides is 2. The topological polar surface area (TPSA) is 67.9 Å². The Balaban J connectivity index is 1.61. The molecule has 6 nitrogen and oxygen atoms in total. The summed E-state index contributed by atoms with van der Waals surface area (Å²) in [6.07, 6.45) is 1.47. The van der Waals surface area contributed by atoms with Gasteiger partial charge in [-0.1, -0.05) is 25.1 Å². The number of nitrogens with one attached hydrogen (secondary N) is 1. The zero-order valence-corrected chi connectivity index (χ0v) is 17.2. The highest BCUT2D eigenvalue weighted by Gasteiger charge is 2.37. The summed E-state index contributed by atoms with van der Waals surface area (Å²) >= 11 is 0. The summed E-state index contributed by atoms with van der Waals surface area (Å²) in [6.45, 7) is 5.41. The van der Waals surface area contributed by atoms with Gasteiger partial charge in [0.25, 0.3) is 0 Å². The highest BCUT2D eigenvalue weighted by Crippen LogP contribution is 2.29. The van der Waals surface area contributed by atoms with Gasteiger partial charge < -0.3 is 19.7 Å². The van der Waals surface area contributed by atoms with Gasteiger partial charge in [0.2, 0.25) is 11.8 Å². The molecule has 0 bridgehead atoms. The molecule has 0 spiro atoms. The van der Waals surface area contributed by atoms with E-state index in [-0.39, 0.29) is 11.8 Å². The molecule has 6 heteroatoms. The molecule has 1 N–H and O–H groups in total. The van der Waals surface area contributed by atoms with Gasteiger partial charge in [0.05, 0.1) is 13.7 Å². The van der Waals surface area contributed by atoms with Crippen LogP contribution in [-0.2, 0) is 22.6 Å². The number of anilines is 1. The molecule has 0 radical (unpaired) electrons. The molecule has 0 saturated carbocycles. The van der Waals surface area contributed by atoms with E-state index in [1.165, 1.54) is 5.56 Å². The average molecular weight is 396 g/mol. The lowest BCUT2D eigenvalue weighted by Crippen LogP contribution is -2.36. The van der Waals surface area contributed by atoms with Crippen molar-refractivity contribution in [2.75, 3.05) is 25.2 Å². The van der Waals surface area contributed by atoms with Gasteiger partial charge in [-0.15, -0.1) is 0 Å². The van der Waals surface area contributed by atoms with Gasteiger partial charge in [0.1, 0.15) is 5.92 Å². The van der Waals surface area contributed by atoms with Crippen LogP contribution < -0.4 is 19.7 Å². The van der Waals surface area contributed by atoms with Crippen molar-refractivity contribution in [3.8, 4) is 11.5 Å². The first-order valence-electron chi connectivity index (χ1n) is 10.0. The van der Waals surface area contributed by atoms with Crippen molar-refractivity contribution in [1.82, 2.24) is 5.32 Å². The molecule has 2 amide bonds. The molecule has 1 heterocycles. The summed E-state index contributed by atoms with van der Waals surface area (Å²) in [5.74, 6) is 0.261. The van der Waals surface area contributed by atoms with Crippen molar-refractivity contribution in [2.45, 2.75) is 33.2 Å². The Kier molecular flexibility index (Phi) is 6.75. The number of nitrogens with zero attached hydrogens (tertiary/aromatic N) is 1. The summed E-state index contributed by atoms with van der Waals surface area (Å²) in [7, 11) is 1.59. The molecule has 0 aromatic heterocycles. The van der Waals surface area contributed by atoms with E-state index in [0.717, 1.165) is 17.7 Å². The molecular weight excluding hydrogens is 368 g/mol. The van der Waals surface area contributed by atoms with Gasteiger partial charge in [-0.25, -0.2) is 0 Å². The van der Waals surface area contributed by atoms with E-state index in [9.17, 15) is 9.59 Å². The van der Waals surface area contributed by atoms with Crippen LogP contribution in [0.1, 0.15) is 31.4 Å². The van der Waals surface area contributed by atoms with Crippen LogP contribution in [0.3, 0.4) is 0 Å². The van der Waals surface area contributed by atoms with Gasteiger partial charge in [-0.3, -0.25) is 9.59 Å². The normalized spacial score (nSPS) is 16.0. The molecule has 3 rings (SSSR count). The molecule has 1 aliphatic heterocycles. The first kappa shape index (κ1) is 20.7. The van der Waals surface area contributed by atoms with E-state index in [2.05, 4.69) is 12.2 Å². The molecule has 0 aliphatic carbocycles. The zero-order chi connectivity index (χ0) is 20.8. The van der Waals surface area contributed by atoms with E-state index in [0.29, 0.717) is 37.6 Å². The summed E-state index contributed by atoms with van der Waals surface area (Å²) in [5, 5.41) is 2.89. The van der Waals surface area contributed by atoms with Gasteiger partial charge >= 0.3 is 0 Å². The van der Waals surface area contributed by atoms with Crippen LogP contribution in [0.25, 0.3) is 0 Å². The number of rotatable bonds is 8. The van der Waals surface area contributed by atoms with Crippen molar-refractivity contribution < 1.29 is 19.1 Å². The maximum Gasteiger partial charge on any atom is 0.239 e. The molecule has 29 heavy (non-hydrogen) atoms. The first-order valence-corrected chi connectivity index (χ1v) is 10.0. The fourth-order valence-electron chi connectivity index (χ4n) is 3.50. The minimum atomic E-state index is -0.648. The van der Waals surface area contributed by atoms with Crippen LogP contribution in [0.4, 0.5) is 5.69 Å². The third-order valence-corrected chi connectivity index (χ3v) is 5.17. The lowest BCUT2D eigenvalue weighted by Gasteiger charge is -2.17. The Morgan fingerprint density at radius 3 is 2.48 bits per heavy atom. The fourth-order valence-corrected chi connectivity index (χ4v) is 3.50. The van der Waals surface area contributed by atoms with Crippen molar-refractivity contribution >= 4 is 17.5 Å². The van der Waals surface area contributed by atoms with E-state index in [1.807, 2.05) is 49.4 Å². The van der Waals surface area contributed by atoms with Crippen LogP contribution in [0.5, 0.6) is 11.5 Å². The molecule has 1 aliphatic rings. The van der Waals surface area contributed by atoms with Crippen molar-refractivity contribution in [2.24, 2.45) is 5.92 Å². The number of methoxy groups -OCH3 is 1. The number of carbonyl (C=O) groups is 2. The van der Waals surface area contributed by atoms with E-state index in [4.69, 9.17) is 9.47 Å². The Morgan fingerprint density at radius 2 is 1.83 bits per heavy atom. The minimum Gasteiger partial charge on any atom is -0.493 e. The van der Waals surface area contributed by atoms with E-state index < -0.39 is 5.92 Å². The largest absolute Gasteiger partial charge is 0.493 e. The van der Waals surface area contributed by atoms with Gasteiger partial charge in [-0.05, 0) is 55.2 Å². The zero-order valence-electron chi connectivity index (χ0n) is 17.2. The molecule has 154 valence electrons. The average Bonchev–Trinajstić information content (AvgIpc) is 3.14. The summed E-state index contributed by atoms with van der Waals surface area (Å²) in [5.41, 5.74) is 2.96. The van der Waals surface area contributed by atoms with Crippen molar-refractivity contribution in [3.05, 3.63) is 53.6 Å². The summed E-state index contributed by atoms with van der Waals surface area (Å²) < 4.78 is 10.9. The number of hydrogen-bond acceptors (Lipinski definition) is 4.